The zero-order valence-electron chi connectivity index (χ0n) is 18.4. The maximum absolute atomic E-state index is 12.7. The van der Waals surface area contributed by atoms with Gasteiger partial charge >= 0.3 is 7.60 Å². The van der Waals surface area contributed by atoms with Crippen LogP contribution < -0.4 is 11.3 Å². The van der Waals surface area contributed by atoms with Crippen LogP contribution in [0.15, 0.2) is 17.1 Å². The first-order valence-corrected chi connectivity index (χ1v) is 12.0. The SMILES string of the molecule is CCC(C)(CC1OC(n2ccc3c(=O)[nH]c(N)nc32)C(O)C1O)OP(=O)(O)C(C)(O)CC. The molecule has 12 nitrogen and oxygen atoms in total. The van der Waals surface area contributed by atoms with E-state index in [1.54, 1.807) is 20.8 Å². The Kier molecular flexibility index (Phi) is 6.62. The molecule has 1 aliphatic rings. The zero-order chi connectivity index (χ0) is 24.1. The first-order chi connectivity index (χ1) is 14.7. The highest BCUT2D eigenvalue weighted by Gasteiger charge is 2.50. The molecular formula is C19H31N4O8P. The molecule has 7 unspecified atom stereocenters. The van der Waals surface area contributed by atoms with E-state index in [9.17, 15) is 29.6 Å². The third-order valence-corrected chi connectivity index (χ3v) is 8.44. The molecule has 1 aliphatic heterocycles. The molecule has 2 aromatic heterocycles. The predicted octanol–water partition coefficient (Wildman–Crippen LogP) is 0.805. The number of ether oxygens (including phenoxy) is 1. The number of nitrogen functional groups attached to an aromatic ring is 1. The summed E-state index contributed by atoms with van der Waals surface area (Å²) >= 11 is 0. The number of aromatic nitrogens is 3. The van der Waals surface area contributed by atoms with Crippen molar-refractivity contribution in [1.29, 1.82) is 0 Å². The number of hydrogen-bond donors (Lipinski definition) is 6. The summed E-state index contributed by atoms with van der Waals surface area (Å²) in [5.74, 6) is -0.110. The highest BCUT2D eigenvalue weighted by atomic mass is 31.2. The number of aliphatic hydroxyl groups excluding tert-OH is 2. The molecule has 3 heterocycles. The van der Waals surface area contributed by atoms with Gasteiger partial charge in [-0.15, -0.1) is 0 Å². The highest BCUT2D eigenvalue weighted by Crippen LogP contribution is 2.59. The highest BCUT2D eigenvalue weighted by molar-refractivity contribution is 7.54. The van der Waals surface area contributed by atoms with E-state index in [0.717, 1.165) is 0 Å². The Morgan fingerprint density at radius 1 is 1.31 bits per heavy atom. The molecule has 1 fully saturated rings. The third kappa shape index (κ3) is 4.36. The Morgan fingerprint density at radius 3 is 2.56 bits per heavy atom. The molecule has 7 atom stereocenters. The number of nitrogens with one attached hydrogen (secondary N) is 1. The van der Waals surface area contributed by atoms with Crippen LogP contribution in [-0.2, 0) is 13.8 Å². The van der Waals surface area contributed by atoms with E-state index in [2.05, 4.69) is 9.97 Å². The fourth-order valence-electron chi connectivity index (χ4n) is 3.66. The van der Waals surface area contributed by atoms with Gasteiger partial charge in [0.05, 0.1) is 17.1 Å². The first kappa shape index (κ1) is 24.8. The van der Waals surface area contributed by atoms with Crippen molar-refractivity contribution in [3.63, 3.8) is 0 Å². The number of hydrogen-bond acceptors (Lipinski definition) is 9. The second-order valence-electron chi connectivity index (χ2n) is 8.65. The second kappa shape index (κ2) is 8.53. The van der Waals surface area contributed by atoms with Gasteiger partial charge in [0.1, 0.15) is 12.2 Å². The van der Waals surface area contributed by atoms with Crippen molar-refractivity contribution >= 4 is 24.6 Å². The minimum Gasteiger partial charge on any atom is -0.388 e. The third-order valence-electron chi connectivity index (χ3n) is 6.21. The molecule has 0 bridgehead atoms. The molecule has 7 N–H and O–H groups in total. The lowest BCUT2D eigenvalue weighted by atomic mass is 9.93. The molecule has 2 aromatic rings. The lowest BCUT2D eigenvalue weighted by Crippen LogP contribution is -2.40. The monoisotopic (exact) mass is 474 g/mol. The van der Waals surface area contributed by atoms with Crippen molar-refractivity contribution in [3.05, 3.63) is 22.6 Å². The van der Waals surface area contributed by atoms with Crippen LogP contribution in [0.2, 0.25) is 0 Å². The predicted molar refractivity (Wildman–Crippen MR) is 116 cm³/mol. The summed E-state index contributed by atoms with van der Waals surface area (Å²) in [4.78, 5) is 28.9. The average molecular weight is 474 g/mol. The van der Waals surface area contributed by atoms with Gasteiger partial charge in [0.15, 0.2) is 17.2 Å². The number of H-pyrrole nitrogens is 1. The van der Waals surface area contributed by atoms with E-state index in [4.69, 9.17) is 15.0 Å². The van der Waals surface area contributed by atoms with Crippen LogP contribution in [0.5, 0.6) is 0 Å². The van der Waals surface area contributed by atoms with Gasteiger partial charge in [0.25, 0.3) is 5.56 Å². The summed E-state index contributed by atoms with van der Waals surface area (Å²) in [5.41, 5.74) is 4.10. The zero-order valence-corrected chi connectivity index (χ0v) is 19.3. The van der Waals surface area contributed by atoms with Crippen LogP contribution in [0, 0.1) is 0 Å². The summed E-state index contributed by atoms with van der Waals surface area (Å²) in [6.45, 7) is 6.09. The smallest absolute Gasteiger partial charge is 0.359 e. The molecular weight excluding hydrogens is 443 g/mol. The van der Waals surface area contributed by atoms with Crippen LogP contribution >= 0.6 is 7.60 Å². The van der Waals surface area contributed by atoms with Crippen LogP contribution in [0.1, 0.15) is 53.2 Å². The molecule has 1 saturated heterocycles. The second-order valence-corrected chi connectivity index (χ2v) is 10.8. The van der Waals surface area contributed by atoms with Crippen molar-refractivity contribution < 1.29 is 34.0 Å². The Labute approximate surface area is 184 Å². The van der Waals surface area contributed by atoms with E-state index in [1.807, 2.05) is 0 Å². The summed E-state index contributed by atoms with van der Waals surface area (Å²) in [5, 5.41) is 29.8. The number of nitrogens with two attached hydrogens (primary N) is 1. The van der Waals surface area contributed by atoms with Crippen molar-refractivity contribution in [2.45, 2.75) is 82.4 Å². The molecule has 3 rings (SSSR count). The van der Waals surface area contributed by atoms with E-state index in [-0.39, 0.29) is 36.2 Å². The van der Waals surface area contributed by atoms with E-state index in [1.165, 1.54) is 23.8 Å². The van der Waals surface area contributed by atoms with Crippen molar-refractivity contribution in [2.75, 3.05) is 5.73 Å². The van der Waals surface area contributed by atoms with E-state index in [0.29, 0.717) is 0 Å². The maximum Gasteiger partial charge on any atom is 0.359 e. The molecule has 0 radical (unpaired) electrons. The van der Waals surface area contributed by atoms with Gasteiger partial charge < -0.3 is 39.8 Å². The van der Waals surface area contributed by atoms with Crippen molar-refractivity contribution in [2.24, 2.45) is 0 Å². The molecule has 0 spiro atoms. The molecule has 0 amide bonds. The minimum atomic E-state index is -4.44. The Balaban J connectivity index is 1.86. The molecule has 0 aliphatic carbocycles. The number of aliphatic hydroxyl groups is 3. The largest absolute Gasteiger partial charge is 0.388 e. The maximum atomic E-state index is 12.7. The van der Waals surface area contributed by atoms with Gasteiger partial charge in [0, 0.05) is 12.6 Å². The molecule has 13 heteroatoms. The Morgan fingerprint density at radius 2 is 1.97 bits per heavy atom. The Bertz CT molecular complexity index is 1080. The fraction of sp³-hybridized carbons (Fsp3) is 0.684. The van der Waals surface area contributed by atoms with Gasteiger partial charge in [-0.2, -0.15) is 4.98 Å². The van der Waals surface area contributed by atoms with Gasteiger partial charge in [-0.25, -0.2) is 0 Å². The molecule has 180 valence electrons. The van der Waals surface area contributed by atoms with Crippen molar-refractivity contribution in [3.8, 4) is 0 Å². The lowest BCUT2D eigenvalue weighted by Gasteiger charge is -2.37. The van der Waals surface area contributed by atoms with Crippen LogP contribution in [0.4, 0.5) is 5.95 Å². The number of fused-ring (bicyclic) bond motifs is 1. The van der Waals surface area contributed by atoms with Gasteiger partial charge in [-0.05, 0) is 32.8 Å². The standard InChI is InChI=1S/C19H31N4O8P/c1-5-18(3,31-32(28,29)19(4,27)6-2)9-11-12(24)13(25)16(30-11)23-8-7-10-14(23)21-17(20)22-15(10)26/h7-8,11-13,16,24-25,27H,5-6,9H2,1-4H3,(H,28,29)(H3,20,21,22,26). The molecule has 32 heavy (non-hydrogen) atoms. The van der Waals surface area contributed by atoms with Crippen LogP contribution in [-0.4, -0.2) is 64.0 Å². The summed E-state index contributed by atoms with van der Waals surface area (Å²) in [7, 11) is -4.44. The normalized spacial score (nSPS) is 29.5. The van der Waals surface area contributed by atoms with E-state index >= 15 is 0 Å². The molecule has 0 aromatic carbocycles. The first-order valence-electron chi connectivity index (χ1n) is 10.4. The van der Waals surface area contributed by atoms with Crippen LogP contribution in [0.25, 0.3) is 11.0 Å². The van der Waals surface area contributed by atoms with Crippen molar-refractivity contribution in [1.82, 2.24) is 14.5 Å². The van der Waals surface area contributed by atoms with E-state index < -0.39 is 48.6 Å². The number of aromatic amines is 1. The summed E-state index contributed by atoms with van der Waals surface area (Å²) in [6, 6.07) is 1.49. The number of anilines is 1. The number of rotatable bonds is 8. The minimum absolute atomic E-state index is 0.000120. The number of nitrogens with zero attached hydrogens (tertiary/aromatic N) is 2. The average Bonchev–Trinajstić information content (AvgIpc) is 3.23. The van der Waals surface area contributed by atoms with Gasteiger partial charge in [0.2, 0.25) is 5.95 Å². The quantitative estimate of drug-likeness (QED) is 0.298. The topological polar surface area (TPSA) is 193 Å². The van der Waals surface area contributed by atoms with Gasteiger partial charge in [-0.1, -0.05) is 13.8 Å². The lowest BCUT2D eigenvalue weighted by molar-refractivity contribution is -0.0688. The molecule has 0 saturated carbocycles. The summed E-state index contributed by atoms with van der Waals surface area (Å²) < 4.78 is 25.5. The van der Waals surface area contributed by atoms with Gasteiger partial charge in [-0.3, -0.25) is 14.3 Å². The summed E-state index contributed by atoms with van der Waals surface area (Å²) in [6.07, 6.45) is -3.06. The fourth-order valence-corrected chi connectivity index (χ4v) is 5.06. The Hall–Kier alpha value is -1.79. The van der Waals surface area contributed by atoms with Crippen LogP contribution in [0.3, 0.4) is 0 Å².